The van der Waals surface area contributed by atoms with Gasteiger partial charge in [0.05, 0.1) is 14.2 Å². The molecule has 0 aliphatic rings. The number of hydrogen-bond acceptors (Lipinski definition) is 4. The summed E-state index contributed by atoms with van der Waals surface area (Å²) < 4.78 is 16.5. The molecule has 1 unspecified atom stereocenters. The number of benzene rings is 3. The Bertz CT molecular complexity index is 863. The van der Waals surface area contributed by atoms with Crippen molar-refractivity contribution in [3.63, 3.8) is 0 Å². The van der Waals surface area contributed by atoms with Crippen LogP contribution in [0.4, 0.5) is 0 Å². The molecule has 1 atom stereocenters. The molecule has 3 aromatic rings. The molecule has 0 aliphatic carbocycles. The molecule has 0 heterocycles. The molecular weight excluding hydrogens is 350 g/mol. The first kappa shape index (κ1) is 19.8. The summed E-state index contributed by atoms with van der Waals surface area (Å²) in [6, 6.07) is 24.6. The van der Waals surface area contributed by atoms with Gasteiger partial charge in [-0.25, -0.2) is 0 Å². The average molecular weight is 377 g/mol. The molecule has 1 N–H and O–H groups in total. The van der Waals surface area contributed by atoms with Crippen LogP contribution in [0.3, 0.4) is 0 Å². The third-order valence-electron chi connectivity index (χ3n) is 4.69. The minimum Gasteiger partial charge on any atom is -0.493 e. The van der Waals surface area contributed by atoms with Crippen LogP contribution >= 0.6 is 0 Å². The quantitative estimate of drug-likeness (QED) is 0.561. The van der Waals surface area contributed by atoms with E-state index in [9.17, 15) is 0 Å². The van der Waals surface area contributed by atoms with Gasteiger partial charge in [0.1, 0.15) is 12.4 Å². The maximum Gasteiger partial charge on any atom is 0.161 e. The second-order valence-corrected chi connectivity index (χ2v) is 6.64. The fraction of sp³-hybridized carbons (Fsp3) is 0.250. The Kier molecular flexibility index (Phi) is 6.93. The topological polar surface area (TPSA) is 39.7 Å². The van der Waals surface area contributed by atoms with Crippen LogP contribution < -0.4 is 19.5 Å². The van der Waals surface area contributed by atoms with E-state index in [1.807, 2.05) is 42.5 Å². The zero-order valence-corrected chi connectivity index (χ0v) is 16.6. The van der Waals surface area contributed by atoms with Gasteiger partial charge in [-0.1, -0.05) is 48.5 Å². The standard InChI is InChI=1S/C24H27NO3/c1-18(21-11-14-23(26-2)24(15-21)27-3)25-16-19-9-12-22(13-10-19)28-17-20-7-5-4-6-8-20/h4-15,18,25H,16-17H2,1-3H3. The Balaban J connectivity index is 1.53. The summed E-state index contributed by atoms with van der Waals surface area (Å²) in [4.78, 5) is 0. The summed E-state index contributed by atoms with van der Waals surface area (Å²) in [7, 11) is 3.30. The third kappa shape index (κ3) is 5.27. The molecule has 0 saturated carbocycles. The lowest BCUT2D eigenvalue weighted by Gasteiger charge is -2.17. The number of nitrogens with one attached hydrogen (secondary N) is 1. The lowest BCUT2D eigenvalue weighted by molar-refractivity contribution is 0.306. The van der Waals surface area contributed by atoms with E-state index in [4.69, 9.17) is 14.2 Å². The van der Waals surface area contributed by atoms with Crippen molar-refractivity contribution in [3.8, 4) is 17.2 Å². The zero-order valence-electron chi connectivity index (χ0n) is 16.6. The van der Waals surface area contributed by atoms with Crippen molar-refractivity contribution in [2.45, 2.75) is 26.1 Å². The van der Waals surface area contributed by atoms with Crippen LogP contribution in [0.5, 0.6) is 17.2 Å². The number of methoxy groups -OCH3 is 2. The Hall–Kier alpha value is -2.98. The number of ether oxygens (including phenoxy) is 3. The summed E-state index contributed by atoms with van der Waals surface area (Å²) >= 11 is 0. The molecule has 146 valence electrons. The molecule has 0 saturated heterocycles. The summed E-state index contributed by atoms with van der Waals surface area (Å²) in [5.41, 5.74) is 3.52. The first-order valence-electron chi connectivity index (χ1n) is 9.40. The predicted octanol–water partition coefficient (Wildman–Crippen LogP) is 5.13. The largest absolute Gasteiger partial charge is 0.493 e. The molecule has 0 amide bonds. The maximum absolute atomic E-state index is 5.84. The van der Waals surface area contributed by atoms with E-state index in [0.29, 0.717) is 6.61 Å². The third-order valence-corrected chi connectivity index (χ3v) is 4.69. The number of hydrogen-bond donors (Lipinski definition) is 1. The van der Waals surface area contributed by atoms with E-state index in [0.717, 1.165) is 34.9 Å². The molecular formula is C24H27NO3. The van der Waals surface area contributed by atoms with E-state index in [2.05, 4.69) is 42.6 Å². The van der Waals surface area contributed by atoms with Gasteiger partial charge in [-0.05, 0) is 47.9 Å². The molecule has 0 aromatic heterocycles. The van der Waals surface area contributed by atoms with Gasteiger partial charge in [0.25, 0.3) is 0 Å². The zero-order chi connectivity index (χ0) is 19.8. The van der Waals surface area contributed by atoms with Crippen molar-refractivity contribution in [2.75, 3.05) is 14.2 Å². The highest BCUT2D eigenvalue weighted by Gasteiger charge is 2.10. The fourth-order valence-corrected chi connectivity index (χ4v) is 2.96. The van der Waals surface area contributed by atoms with Crippen LogP contribution in [0.2, 0.25) is 0 Å². The molecule has 4 heteroatoms. The molecule has 3 aromatic carbocycles. The summed E-state index contributed by atoms with van der Waals surface area (Å²) in [6.45, 7) is 3.49. The molecule has 0 radical (unpaired) electrons. The van der Waals surface area contributed by atoms with E-state index < -0.39 is 0 Å². The van der Waals surface area contributed by atoms with Crippen molar-refractivity contribution in [1.82, 2.24) is 5.32 Å². The van der Waals surface area contributed by atoms with Gasteiger partial charge in [0, 0.05) is 12.6 Å². The first-order valence-corrected chi connectivity index (χ1v) is 9.40. The van der Waals surface area contributed by atoms with E-state index in [1.165, 1.54) is 5.56 Å². The molecule has 4 nitrogen and oxygen atoms in total. The Morgan fingerprint density at radius 2 is 1.50 bits per heavy atom. The molecule has 0 spiro atoms. The summed E-state index contributed by atoms with van der Waals surface area (Å²) in [6.07, 6.45) is 0. The molecule has 0 fully saturated rings. The van der Waals surface area contributed by atoms with Crippen molar-refractivity contribution in [3.05, 3.63) is 89.5 Å². The smallest absolute Gasteiger partial charge is 0.161 e. The van der Waals surface area contributed by atoms with Crippen molar-refractivity contribution < 1.29 is 14.2 Å². The van der Waals surface area contributed by atoms with Crippen molar-refractivity contribution in [2.24, 2.45) is 0 Å². The minimum absolute atomic E-state index is 0.189. The fourth-order valence-electron chi connectivity index (χ4n) is 2.96. The average Bonchev–Trinajstić information content (AvgIpc) is 2.77. The van der Waals surface area contributed by atoms with Gasteiger partial charge in [-0.2, -0.15) is 0 Å². The predicted molar refractivity (Wildman–Crippen MR) is 112 cm³/mol. The normalized spacial score (nSPS) is 11.7. The SMILES string of the molecule is COc1ccc(C(C)NCc2ccc(OCc3ccccc3)cc2)cc1OC. The van der Waals surface area contributed by atoms with E-state index in [1.54, 1.807) is 14.2 Å². The van der Waals surface area contributed by atoms with Gasteiger partial charge in [0.2, 0.25) is 0 Å². The summed E-state index contributed by atoms with van der Waals surface area (Å²) in [5, 5.41) is 3.54. The highest BCUT2D eigenvalue weighted by Crippen LogP contribution is 2.30. The molecule has 0 bridgehead atoms. The van der Waals surface area contributed by atoms with Crippen LogP contribution in [-0.4, -0.2) is 14.2 Å². The van der Waals surface area contributed by atoms with Crippen LogP contribution in [0.25, 0.3) is 0 Å². The maximum atomic E-state index is 5.84. The van der Waals surface area contributed by atoms with Crippen LogP contribution in [0.1, 0.15) is 29.7 Å². The second-order valence-electron chi connectivity index (χ2n) is 6.64. The van der Waals surface area contributed by atoms with Crippen molar-refractivity contribution >= 4 is 0 Å². The monoisotopic (exact) mass is 377 g/mol. The van der Waals surface area contributed by atoms with Gasteiger partial charge in [-0.3, -0.25) is 0 Å². The Morgan fingerprint density at radius 3 is 2.18 bits per heavy atom. The molecule has 28 heavy (non-hydrogen) atoms. The van der Waals surface area contributed by atoms with Crippen molar-refractivity contribution in [1.29, 1.82) is 0 Å². The van der Waals surface area contributed by atoms with Gasteiger partial charge in [-0.15, -0.1) is 0 Å². The van der Waals surface area contributed by atoms with Gasteiger partial charge < -0.3 is 19.5 Å². The minimum atomic E-state index is 0.189. The molecule has 0 aliphatic heterocycles. The lowest BCUT2D eigenvalue weighted by Crippen LogP contribution is -2.18. The second kappa shape index (κ2) is 9.81. The first-order chi connectivity index (χ1) is 13.7. The van der Waals surface area contributed by atoms with Crippen LogP contribution in [0, 0.1) is 0 Å². The lowest BCUT2D eigenvalue weighted by atomic mass is 10.1. The molecule has 3 rings (SSSR count). The van der Waals surface area contributed by atoms with E-state index in [-0.39, 0.29) is 6.04 Å². The highest BCUT2D eigenvalue weighted by atomic mass is 16.5. The highest BCUT2D eigenvalue weighted by molar-refractivity contribution is 5.43. The number of rotatable bonds is 9. The van der Waals surface area contributed by atoms with Crippen LogP contribution in [-0.2, 0) is 13.2 Å². The Labute approximate surface area is 167 Å². The Morgan fingerprint density at radius 1 is 0.786 bits per heavy atom. The summed E-state index contributed by atoms with van der Waals surface area (Å²) in [5.74, 6) is 2.36. The van der Waals surface area contributed by atoms with Gasteiger partial charge >= 0.3 is 0 Å². The van der Waals surface area contributed by atoms with Crippen LogP contribution in [0.15, 0.2) is 72.8 Å². The van der Waals surface area contributed by atoms with Gasteiger partial charge in [0.15, 0.2) is 11.5 Å². The van der Waals surface area contributed by atoms with E-state index >= 15 is 0 Å².